The van der Waals surface area contributed by atoms with Gasteiger partial charge in [0.2, 0.25) is 0 Å². The lowest BCUT2D eigenvalue weighted by Crippen LogP contribution is -2.44. The maximum atomic E-state index is 13.1. The van der Waals surface area contributed by atoms with Gasteiger partial charge >= 0.3 is 0 Å². The van der Waals surface area contributed by atoms with Gasteiger partial charge in [0, 0.05) is 24.6 Å². The number of nitrogens with one attached hydrogen (secondary N) is 1. The van der Waals surface area contributed by atoms with Gasteiger partial charge in [-0.25, -0.2) is 4.39 Å². The highest BCUT2D eigenvalue weighted by molar-refractivity contribution is 7.90. The Balaban J connectivity index is 1.56. The van der Waals surface area contributed by atoms with Crippen LogP contribution in [0, 0.1) is 11.7 Å². The normalized spacial score (nSPS) is 21.0. The predicted octanol–water partition coefficient (Wildman–Crippen LogP) is 2.89. The lowest BCUT2D eigenvalue weighted by atomic mass is 9.96. The topological polar surface area (TPSA) is 78.8 Å². The molecule has 0 saturated carbocycles. The number of anilines is 1. The van der Waals surface area contributed by atoms with E-state index in [1.807, 2.05) is 0 Å². The van der Waals surface area contributed by atoms with E-state index in [1.165, 1.54) is 30.3 Å². The van der Waals surface area contributed by atoms with E-state index in [-0.39, 0.29) is 16.7 Å². The SMILES string of the molecule is O=C(c1ccc(F)cc1)N1CCC[C@@H](C2=NS(=O)(=O)c3ccccc3N2)C1. The van der Waals surface area contributed by atoms with Crippen LogP contribution in [0.4, 0.5) is 10.1 Å². The van der Waals surface area contributed by atoms with E-state index in [1.54, 1.807) is 23.1 Å². The zero-order chi connectivity index (χ0) is 19.0. The molecule has 0 aliphatic carbocycles. The molecule has 0 radical (unpaired) electrons. The van der Waals surface area contributed by atoms with E-state index in [0.717, 1.165) is 12.8 Å². The van der Waals surface area contributed by atoms with Crippen molar-refractivity contribution in [2.75, 3.05) is 18.4 Å². The summed E-state index contributed by atoms with van der Waals surface area (Å²) in [5.41, 5.74) is 0.915. The minimum Gasteiger partial charge on any atom is -0.342 e. The smallest absolute Gasteiger partial charge is 0.286 e. The van der Waals surface area contributed by atoms with Gasteiger partial charge in [-0.05, 0) is 49.2 Å². The van der Waals surface area contributed by atoms with E-state index >= 15 is 0 Å². The summed E-state index contributed by atoms with van der Waals surface area (Å²) in [6.07, 6.45) is 1.47. The average Bonchev–Trinajstić information content (AvgIpc) is 2.68. The van der Waals surface area contributed by atoms with Gasteiger partial charge in [-0.3, -0.25) is 4.79 Å². The molecule has 140 valence electrons. The number of hydrogen-bond acceptors (Lipinski definition) is 4. The molecule has 1 fully saturated rings. The van der Waals surface area contributed by atoms with Crippen LogP contribution in [0.15, 0.2) is 57.8 Å². The molecule has 2 aromatic carbocycles. The third-order valence-corrected chi connectivity index (χ3v) is 6.18. The van der Waals surface area contributed by atoms with E-state index in [2.05, 4.69) is 9.71 Å². The second-order valence-corrected chi connectivity index (χ2v) is 8.24. The number of carbonyl (C=O) groups excluding carboxylic acids is 1. The molecule has 0 aromatic heterocycles. The number of para-hydroxylation sites is 1. The third-order valence-electron chi connectivity index (χ3n) is 4.83. The fourth-order valence-electron chi connectivity index (χ4n) is 3.47. The first-order valence-electron chi connectivity index (χ1n) is 8.70. The number of amidine groups is 1. The molecule has 1 N–H and O–H groups in total. The molecule has 27 heavy (non-hydrogen) atoms. The van der Waals surface area contributed by atoms with Gasteiger partial charge < -0.3 is 10.2 Å². The van der Waals surface area contributed by atoms with Gasteiger partial charge in [0.1, 0.15) is 16.5 Å². The van der Waals surface area contributed by atoms with Crippen molar-refractivity contribution < 1.29 is 17.6 Å². The Kier molecular flexibility index (Phi) is 4.43. The summed E-state index contributed by atoms with van der Waals surface area (Å²) in [7, 11) is -3.75. The van der Waals surface area contributed by atoms with Gasteiger partial charge in [0.05, 0.1) is 5.69 Å². The van der Waals surface area contributed by atoms with Crippen LogP contribution in [-0.2, 0) is 10.0 Å². The van der Waals surface area contributed by atoms with Crippen molar-refractivity contribution >= 4 is 27.5 Å². The van der Waals surface area contributed by atoms with Gasteiger partial charge in [0.15, 0.2) is 0 Å². The second kappa shape index (κ2) is 6.77. The van der Waals surface area contributed by atoms with Crippen molar-refractivity contribution in [2.24, 2.45) is 10.3 Å². The number of carbonyl (C=O) groups is 1. The first kappa shape index (κ1) is 17.7. The summed E-state index contributed by atoms with van der Waals surface area (Å²) in [5, 5.41) is 3.11. The number of nitrogens with zero attached hydrogens (tertiary/aromatic N) is 2. The summed E-state index contributed by atoms with van der Waals surface area (Å²) >= 11 is 0. The van der Waals surface area contributed by atoms with Crippen LogP contribution in [0.2, 0.25) is 0 Å². The van der Waals surface area contributed by atoms with Gasteiger partial charge in [-0.1, -0.05) is 12.1 Å². The Labute approximate surface area is 156 Å². The number of sulfonamides is 1. The molecule has 0 unspecified atom stereocenters. The van der Waals surface area contributed by atoms with Crippen LogP contribution < -0.4 is 5.32 Å². The highest BCUT2D eigenvalue weighted by Gasteiger charge is 2.32. The number of amides is 1. The third kappa shape index (κ3) is 3.44. The number of piperidine rings is 1. The van der Waals surface area contributed by atoms with Gasteiger partial charge in [-0.15, -0.1) is 4.40 Å². The van der Waals surface area contributed by atoms with Crippen LogP contribution in [0.3, 0.4) is 0 Å². The molecule has 4 rings (SSSR count). The van der Waals surface area contributed by atoms with Crippen molar-refractivity contribution in [3.05, 3.63) is 59.9 Å². The Morgan fingerprint density at radius 1 is 1.15 bits per heavy atom. The highest BCUT2D eigenvalue weighted by atomic mass is 32.2. The maximum Gasteiger partial charge on any atom is 0.286 e. The molecule has 2 aromatic rings. The van der Waals surface area contributed by atoms with Crippen LogP contribution in [0.25, 0.3) is 0 Å². The summed E-state index contributed by atoms with van der Waals surface area (Å²) in [6.45, 7) is 0.934. The Hall–Kier alpha value is -2.74. The molecule has 0 spiro atoms. The minimum atomic E-state index is -3.75. The van der Waals surface area contributed by atoms with E-state index in [0.29, 0.717) is 30.2 Å². The van der Waals surface area contributed by atoms with Crippen molar-refractivity contribution in [1.82, 2.24) is 4.90 Å². The number of fused-ring (bicyclic) bond motifs is 1. The molecule has 1 amide bonds. The Bertz CT molecular complexity index is 1020. The number of rotatable bonds is 2. The number of benzene rings is 2. The lowest BCUT2D eigenvalue weighted by molar-refractivity contribution is 0.0703. The summed E-state index contributed by atoms with van der Waals surface area (Å²) in [6, 6.07) is 12.1. The molecule has 1 atom stereocenters. The molecule has 6 nitrogen and oxygen atoms in total. The van der Waals surface area contributed by atoms with Crippen molar-refractivity contribution in [1.29, 1.82) is 0 Å². The van der Waals surface area contributed by atoms with Crippen molar-refractivity contribution in [3.8, 4) is 0 Å². The van der Waals surface area contributed by atoms with E-state index in [4.69, 9.17) is 0 Å². The van der Waals surface area contributed by atoms with Crippen molar-refractivity contribution in [3.63, 3.8) is 0 Å². The first-order chi connectivity index (χ1) is 12.9. The molecule has 2 aliphatic heterocycles. The zero-order valence-corrected chi connectivity index (χ0v) is 15.2. The molecule has 8 heteroatoms. The van der Waals surface area contributed by atoms with Crippen LogP contribution in [0.1, 0.15) is 23.2 Å². The van der Waals surface area contributed by atoms with Crippen LogP contribution in [0.5, 0.6) is 0 Å². The number of halogens is 1. The Morgan fingerprint density at radius 3 is 2.67 bits per heavy atom. The average molecular weight is 387 g/mol. The molecule has 1 saturated heterocycles. The highest BCUT2D eigenvalue weighted by Crippen LogP contribution is 2.30. The standard InChI is InChI=1S/C19H18FN3O3S/c20-15-9-7-13(8-10-15)19(24)23-11-3-4-14(12-23)18-21-16-5-1-2-6-17(16)27(25,26)22-18/h1-2,5-10,14H,3-4,11-12H2,(H,21,22)/t14-/m1/s1. The molecular formula is C19H18FN3O3S. The predicted molar refractivity (Wildman–Crippen MR) is 99.7 cm³/mol. The lowest BCUT2D eigenvalue weighted by Gasteiger charge is -2.34. The quantitative estimate of drug-likeness (QED) is 0.859. The largest absolute Gasteiger partial charge is 0.342 e. The Morgan fingerprint density at radius 2 is 1.89 bits per heavy atom. The zero-order valence-electron chi connectivity index (χ0n) is 14.4. The molecule has 2 heterocycles. The summed E-state index contributed by atoms with van der Waals surface area (Å²) in [4.78, 5) is 14.5. The first-order valence-corrected chi connectivity index (χ1v) is 10.1. The second-order valence-electron chi connectivity index (χ2n) is 6.67. The van der Waals surface area contributed by atoms with E-state index < -0.39 is 15.8 Å². The monoisotopic (exact) mass is 387 g/mol. The minimum absolute atomic E-state index is 0.156. The van der Waals surface area contributed by atoms with Crippen LogP contribution in [-0.4, -0.2) is 38.2 Å². The summed E-state index contributed by atoms with van der Waals surface area (Å²) < 4.78 is 41.9. The fourth-order valence-corrected chi connectivity index (χ4v) is 4.67. The van der Waals surface area contributed by atoms with E-state index in [9.17, 15) is 17.6 Å². The van der Waals surface area contributed by atoms with Crippen molar-refractivity contribution in [2.45, 2.75) is 17.7 Å². The fraction of sp³-hybridized carbons (Fsp3) is 0.263. The maximum absolute atomic E-state index is 13.1. The number of hydrogen-bond donors (Lipinski definition) is 1. The molecular weight excluding hydrogens is 369 g/mol. The van der Waals surface area contributed by atoms with Gasteiger partial charge in [0.25, 0.3) is 15.9 Å². The summed E-state index contributed by atoms with van der Waals surface area (Å²) in [5.74, 6) is -0.427. The van der Waals surface area contributed by atoms with Gasteiger partial charge in [-0.2, -0.15) is 8.42 Å². The molecule has 2 aliphatic rings. The number of likely N-dealkylation sites (tertiary alicyclic amines) is 1. The molecule has 0 bridgehead atoms. The van der Waals surface area contributed by atoms with Crippen LogP contribution >= 0.6 is 0 Å².